The third kappa shape index (κ3) is 6.99. The second-order valence-electron chi connectivity index (χ2n) is 1.58. The number of rotatable bonds is 0. The predicted octanol–water partition coefficient (Wildman–Crippen LogP) is 2.13. The van der Waals surface area contributed by atoms with Crippen LogP contribution in [0.1, 0.15) is 33.4 Å². The molecule has 0 saturated carbocycles. The molecule has 0 aromatic carbocycles. The Kier molecular flexibility index (Phi) is 11.1. The van der Waals surface area contributed by atoms with Gasteiger partial charge in [-0.15, -0.1) is 0 Å². The smallest absolute Gasteiger partial charge is 0.266 e. The zero-order valence-electron chi connectivity index (χ0n) is 8.51. The summed E-state index contributed by atoms with van der Waals surface area (Å²) in [5.41, 5.74) is 0.641. The zero-order valence-corrected chi connectivity index (χ0v) is 8.51. The van der Waals surface area contributed by atoms with Crippen LogP contribution in [0.15, 0.2) is 17.2 Å². The van der Waals surface area contributed by atoms with Crippen molar-refractivity contribution in [2.45, 2.75) is 34.6 Å². The average Bonchev–Trinajstić information content (AvgIpc) is 2.11. The van der Waals surface area contributed by atoms with Crippen LogP contribution in [0.25, 0.3) is 0 Å². The number of aromatic nitrogens is 2. The third-order valence-corrected chi connectivity index (χ3v) is 0.780. The van der Waals surface area contributed by atoms with Crippen LogP contribution in [-0.2, 0) is 0 Å². The Bertz CT molecular complexity index is 230. The maximum atomic E-state index is 10.4. The van der Waals surface area contributed by atoms with Gasteiger partial charge in [-0.1, -0.05) is 27.7 Å². The zero-order chi connectivity index (χ0) is 9.98. The first-order chi connectivity index (χ1) is 5.79. The quantitative estimate of drug-likeness (QED) is 0.648. The van der Waals surface area contributed by atoms with E-state index in [2.05, 4.69) is 9.97 Å². The highest BCUT2D eigenvalue weighted by atomic mass is 16.1. The van der Waals surface area contributed by atoms with E-state index >= 15 is 0 Å². The third-order valence-electron chi connectivity index (χ3n) is 0.780. The Balaban J connectivity index is 0. The summed E-state index contributed by atoms with van der Waals surface area (Å²) in [5, 5.41) is 0. The van der Waals surface area contributed by atoms with Gasteiger partial charge >= 0.3 is 0 Å². The van der Waals surface area contributed by atoms with Crippen molar-refractivity contribution < 1.29 is 0 Å². The van der Waals surface area contributed by atoms with E-state index in [9.17, 15) is 4.79 Å². The lowest BCUT2D eigenvalue weighted by atomic mass is 10.5. The molecule has 1 N–H and O–H groups in total. The molecule has 1 rings (SSSR count). The minimum atomic E-state index is -0.148. The summed E-state index contributed by atoms with van der Waals surface area (Å²) in [5.74, 6) is 0. The molecule has 0 unspecified atom stereocenters. The van der Waals surface area contributed by atoms with Gasteiger partial charge in [0.1, 0.15) is 0 Å². The summed E-state index contributed by atoms with van der Waals surface area (Å²) in [6, 6.07) is 0. The fourth-order valence-corrected chi connectivity index (χ4v) is 0.476. The number of nitrogens with zero attached hydrogens (tertiary/aromatic N) is 1. The maximum Gasteiger partial charge on any atom is 0.266 e. The summed E-state index contributed by atoms with van der Waals surface area (Å²) in [4.78, 5) is 16.6. The summed E-state index contributed by atoms with van der Waals surface area (Å²) in [7, 11) is 0. The second-order valence-corrected chi connectivity index (χ2v) is 1.58. The van der Waals surface area contributed by atoms with Crippen LogP contribution < -0.4 is 5.56 Å². The van der Waals surface area contributed by atoms with E-state index < -0.39 is 0 Å². The van der Waals surface area contributed by atoms with Crippen LogP contribution in [0.3, 0.4) is 0 Å². The van der Waals surface area contributed by atoms with Crippen molar-refractivity contribution in [2.75, 3.05) is 0 Å². The molecule has 0 atom stereocenters. The normalized spacial score (nSPS) is 7.08. The van der Waals surface area contributed by atoms with Crippen molar-refractivity contribution in [3.63, 3.8) is 0 Å². The van der Waals surface area contributed by atoms with Crippen LogP contribution in [0.4, 0.5) is 0 Å². The molecule has 0 aliphatic carbocycles. The molecule has 0 spiro atoms. The Hall–Kier alpha value is -1.12. The molecule has 1 aromatic heterocycles. The molecule has 0 saturated heterocycles. The highest BCUT2D eigenvalue weighted by molar-refractivity contribution is 4.89. The van der Waals surface area contributed by atoms with Gasteiger partial charge in [0.15, 0.2) is 0 Å². The van der Waals surface area contributed by atoms with Gasteiger partial charge in [-0.2, -0.15) is 0 Å². The van der Waals surface area contributed by atoms with E-state index in [-0.39, 0.29) is 5.56 Å². The molecule has 0 amide bonds. The van der Waals surface area contributed by atoms with E-state index in [4.69, 9.17) is 0 Å². The van der Waals surface area contributed by atoms with Gasteiger partial charge in [0.2, 0.25) is 0 Å². The van der Waals surface area contributed by atoms with Gasteiger partial charge in [0.05, 0.1) is 6.20 Å². The standard InChI is InChI=1S/C5H6N2O.2C2H6/c1-4-2-6-3-5(8)7-4;2*1-2/h2-3H,1H3,(H,7,8);2*1-2H3. The Morgan fingerprint density at radius 1 is 1.17 bits per heavy atom. The van der Waals surface area contributed by atoms with Gasteiger partial charge in [-0.05, 0) is 6.92 Å². The summed E-state index contributed by atoms with van der Waals surface area (Å²) in [6.45, 7) is 9.79. The lowest BCUT2D eigenvalue weighted by Crippen LogP contribution is -2.05. The first kappa shape index (κ1) is 13.5. The van der Waals surface area contributed by atoms with Gasteiger partial charge < -0.3 is 4.98 Å². The molecule has 3 heteroatoms. The predicted molar refractivity (Wildman–Crippen MR) is 52.3 cm³/mol. The van der Waals surface area contributed by atoms with E-state index in [0.717, 1.165) is 5.69 Å². The molecule has 12 heavy (non-hydrogen) atoms. The lowest BCUT2D eigenvalue weighted by Gasteiger charge is -1.84. The molecule has 0 aliphatic heterocycles. The van der Waals surface area contributed by atoms with Crippen LogP contribution in [0.5, 0.6) is 0 Å². The Labute approximate surface area is 73.9 Å². The highest BCUT2D eigenvalue weighted by Crippen LogP contribution is 1.76. The van der Waals surface area contributed by atoms with E-state index in [1.807, 2.05) is 27.7 Å². The van der Waals surface area contributed by atoms with Crippen LogP contribution in [-0.4, -0.2) is 9.97 Å². The van der Waals surface area contributed by atoms with Crippen molar-refractivity contribution in [1.29, 1.82) is 0 Å². The molecule has 1 aromatic rings. The van der Waals surface area contributed by atoms with Gasteiger partial charge in [0.25, 0.3) is 5.56 Å². The fraction of sp³-hybridized carbons (Fsp3) is 0.556. The monoisotopic (exact) mass is 170 g/mol. The number of hydrogen-bond acceptors (Lipinski definition) is 2. The fourth-order valence-electron chi connectivity index (χ4n) is 0.476. The Morgan fingerprint density at radius 3 is 1.92 bits per heavy atom. The molecular weight excluding hydrogens is 152 g/mol. The molecular formula is C9H18N2O. The van der Waals surface area contributed by atoms with E-state index in [1.165, 1.54) is 6.20 Å². The molecule has 1 heterocycles. The average molecular weight is 170 g/mol. The Morgan fingerprint density at radius 2 is 1.67 bits per heavy atom. The van der Waals surface area contributed by atoms with Crippen molar-refractivity contribution in [3.05, 3.63) is 28.4 Å². The minimum absolute atomic E-state index is 0.148. The SMILES string of the molecule is CC.CC.Cc1cncc(=O)[nH]1. The number of aryl methyl sites for hydroxylation is 1. The van der Waals surface area contributed by atoms with Gasteiger partial charge in [-0.3, -0.25) is 9.78 Å². The molecule has 0 bridgehead atoms. The molecule has 0 fully saturated rings. The van der Waals surface area contributed by atoms with Crippen molar-refractivity contribution in [1.82, 2.24) is 9.97 Å². The minimum Gasteiger partial charge on any atom is -0.324 e. The number of H-pyrrole nitrogens is 1. The molecule has 3 nitrogen and oxygen atoms in total. The van der Waals surface area contributed by atoms with E-state index in [1.54, 1.807) is 13.1 Å². The molecule has 0 radical (unpaired) electrons. The summed E-state index contributed by atoms with van der Waals surface area (Å²) >= 11 is 0. The second kappa shape index (κ2) is 9.88. The first-order valence-corrected chi connectivity index (χ1v) is 4.30. The topological polar surface area (TPSA) is 45.8 Å². The first-order valence-electron chi connectivity index (χ1n) is 4.30. The van der Waals surface area contributed by atoms with Crippen LogP contribution >= 0.6 is 0 Å². The van der Waals surface area contributed by atoms with Crippen LogP contribution in [0.2, 0.25) is 0 Å². The number of hydrogen-bond donors (Lipinski definition) is 1. The van der Waals surface area contributed by atoms with Gasteiger partial charge in [-0.25, -0.2) is 0 Å². The lowest BCUT2D eigenvalue weighted by molar-refractivity contribution is 1.07. The number of aromatic amines is 1. The van der Waals surface area contributed by atoms with Crippen molar-refractivity contribution >= 4 is 0 Å². The van der Waals surface area contributed by atoms with Gasteiger partial charge in [0, 0.05) is 11.9 Å². The maximum absolute atomic E-state index is 10.4. The summed E-state index contributed by atoms with van der Waals surface area (Å²) < 4.78 is 0. The van der Waals surface area contributed by atoms with E-state index in [0.29, 0.717) is 0 Å². The van der Waals surface area contributed by atoms with Crippen molar-refractivity contribution in [2.24, 2.45) is 0 Å². The highest BCUT2D eigenvalue weighted by Gasteiger charge is 1.80. The van der Waals surface area contributed by atoms with Crippen molar-refractivity contribution in [3.8, 4) is 0 Å². The largest absolute Gasteiger partial charge is 0.324 e. The molecule has 0 aliphatic rings. The molecule has 70 valence electrons. The summed E-state index contributed by atoms with van der Waals surface area (Å²) in [6.07, 6.45) is 2.84. The number of nitrogens with one attached hydrogen (secondary N) is 1. The van der Waals surface area contributed by atoms with Crippen LogP contribution in [0, 0.1) is 6.92 Å².